The van der Waals surface area contributed by atoms with Gasteiger partial charge in [0.15, 0.2) is 5.96 Å². The number of hydrogen-bond donors (Lipinski definition) is 2. The van der Waals surface area contributed by atoms with Crippen LogP contribution in [-0.4, -0.2) is 52.5 Å². The van der Waals surface area contributed by atoms with Gasteiger partial charge in [0.2, 0.25) is 0 Å². The minimum absolute atomic E-state index is 0.387. The van der Waals surface area contributed by atoms with Gasteiger partial charge in [-0.05, 0) is 63.2 Å². The Morgan fingerprint density at radius 3 is 2.28 bits per heavy atom. The van der Waals surface area contributed by atoms with Gasteiger partial charge in [-0.25, -0.2) is 0 Å². The van der Waals surface area contributed by atoms with Crippen LogP contribution in [0.5, 0.6) is 0 Å². The van der Waals surface area contributed by atoms with Crippen LogP contribution in [-0.2, 0) is 9.47 Å². The van der Waals surface area contributed by atoms with Crippen LogP contribution < -0.4 is 10.6 Å². The van der Waals surface area contributed by atoms with E-state index in [4.69, 9.17) is 14.5 Å². The topological polar surface area (TPSA) is 54.9 Å². The number of methoxy groups -OCH3 is 1. The number of hydrogen-bond acceptors (Lipinski definition) is 3. The molecule has 0 aromatic rings. The van der Waals surface area contributed by atoms with E-state index >= 15 is 0 Å². The third-order valence-electron chi connectivity index (χ3n) is 5.99. The standard InChI is InChI=1S/C20H39N3O2/c1-4-21-18(23-17-20(10-11-20)13-15-25-5-2)22-16-19(12-14-24-3)8-6-7-9-19/h4-17H2,1-3H3,(H2,21,22,23). The monoisotopic (exact) mass is 353 g/mol. The Morgan fingerprint density at radius 1 is 0.960 bits per heavy atom. The van der Waals surface area contributed by atoms with Crippen molar-refractivity contribution in [2.75, 3.05) is 46.6 Å². The van der Waals surface area contributed by atoms with E-state index in [9.17, 15) is 0 Å². The van der Waals surface area contributed by atoms with E-state index < -0.39 is 0 Å². The Hall–Kier alpha value is -0.810. The van der Waals surface area contributed by atoms with Crippen molar-refractivity contribution in [3.63, 3.8) is 0 Å². The van der Waals surface area contributed by atoms with E-state index in [2.05, 4.69) is 24.5 Å². The number of nitrogens with one attached hydrogen (secondary N) is 2. The van der Waals surface area contributed by atoms with Crippen molar-refractivity contribution in [3.8, 4) is 0 Å². The van der Waals surface area contributed by atoms with Gasteiger partial charge in [0, 0.05) is 46.6 Å². The van der Waals surface area contributed by atoms with Crippen LogP contribution in [0, 0.1) is 10.8 Å². The first-order valence-corrected chi connectivity index (χ1v) is 10.3. The van der Waals surface area contributed by atoms with Gasteiger partial charge in [-0.1, -0.05) is 12.8 Å². The average molecular weight is 354 g/mol. The number of rotatable bonds is 12. The van der Waals surface area contributed by atoms with Crippen LogP contribution in [0.3, 0.4) is 0 Å². The fourth-order valence-electron chi connectivity index (χ4n) is 3.92. The zero-order valence-electron chi connectivity index (χ0n) is 16.7. The molecule has 0 bridgehead atoms. The van der Waals surface area contributed by atoms with Crippen molar-refractivity contribution in [2.24, 2.45) is 15.8 Å². The third kappa shape index (κ3) is 6.78. The summed E-state index contributed by atoms with van der Waals surface area (Å²) in [6.45, 7) is 9.57. The Balaban J connectivity index is 1.84. The molecule has 5 heteroatoms. The highest BCUT2D eigenvalue weighted by atomic mass is 16.5. The molecule has 2 N–H and O–H groups in total. The van der Waals surface area contributed by atoms with Crippen molar-refractivity contribution in [2.45, 2.75) is 65.2 Å². The molecule has 0 heterocycles. The molecule has 25 heavy (non-hydrogen) atoms. The summed E-state index contributed by atoms with van der Waals surface area (Å²) in [5.41, 5.74) is 0.789. The van der Waals surface area contributed by atoms with Gasteiger partial charge in [0.1, 0.15) is 0 Å². The summed E-state index contributed by atoms with van der Waals surface area (Å²) in [6.07, 6.45) is 10.2. The number of ether oxygens (including phenoxy) is 2. The molecule has 2 aliphatic carbocycles. The first-order chi connectivity index (χ1) is 12.2. The highest BCUT2D eigenvalue weighted by molar-refractivity contribution is 5.79. The van der Waals surface area contributed by atoms with Gasteiger partial charge in [0.25, 0.3) is 0 Å². The molecule has 146 valence electrons. The molecule has 2 fully saturated rings. The van der Waals surface area contributed by atoms with Crippen LogP contribution in [0.15, 0.2) is 4.99 Å². The lowest BCUT2D eigenvalue weighted by Crippen LogP contribution is -2.43. The second kappa shape index (κ2) is 10.4. The maximum Gasteiger partial charge on any atom is 0.191 e. The first kappa shape index (κ1) is 20.5. The van der Waals surface area contributed by atoms with Gasteiger partial charge in [0.05, 0.1) is 0 Å². The molecular weight excluding hydrogens is 314 g/mol. The van der Waals surface area contributed by atoms with Crippen LogP contribution in [0.4, 0.5) is 0 Å². The molecule has 5 nitrogen and oxygen atoms in total. The number of guanidine groups is 1. The molecule has 0 saturated heterocycles. The summed E-state index contributed by atoms with van der Waals surface area (Å²) < 4.78 is 10.9. The second-order valence-corrected chi connectivity index (χ2v) is 7.95. The van der Waals surface area contributed by atoms with E-state index in [1.54, 1.807) is 7.11 Å². The van der Waals surface area contributed by atoms with Crippen molar-refractivity contribution in [3.05, 3.63) is 0 Å². The summed E-state index contributed by atoms with van der Waals surface area (Å²) in [4.78, 5) is 4.91. The Labute approximate surface area is 154 Å². The zero-order valence-corrected chi connectivity index (χ0v) is 16.7. The zero-order chi connectivity index (χ0) is 18.0. The summed E-state index contributed by atoms with van der Waals surface area (Å²) in [6, 6.07) is 0. The molecule has 2 rings (SSSR count). The molecule has 0 aromatic carbocycles. The first-order valence-electron chi connectivity index (χ1n) is 10.3. The quantitative estimate of drug-likeness (QED) is 0.321. The van der Waals surface area contributed by atoms with E-state index in [1.165, 1.54) is 38.5 Å². The highest BCUT2D eigenvalue weighted by Crippen LogP contribution is 2.49. The van der Waals surface area contributed by atoms with Crippen molar-refractivity contribution in [1.29, 1.82) is 0 Å². The van der Waals surface area contributed by atoms with Crippen LogP contribution >= 0.6 is 0 Å². The van der Waals surface area contributed by atoms with Crippen LogP contribution in [0.1, 0.15) is 65.2 Å². The lowest BCUT2D eigenvalue weighted by molar-refractivity contribution is 0.129. The Morgan fingerprint density at radius 2 is 1.68 bits per heavy atom. The normalized spacial score (nSPS) is 21.3. The molecule has 2 aliphatic rings. The highest BCUT2D eigenvalue weighted by Gasteiger charge is 2.42. The maximum absolute atomic E-state index is 5.54. The largest absolute Gasteiger partial charge is 0.385 e. The van der Waals surface area contributed by atoms with Gasteiger partial charge < -0.3 is 20.1 Å². The van der Waals surface area contributed by atoms with Crippen molar-refractivity contribution < 1.29 is 9.47 Å². The van der Waals surface area contributed by atoms with E-state index in [0.29, 0.717) is 10.8 Å². The predicted octanol–water partition coefficient (Wildman–Crippen LogP) is 3.35. The molecule has 0 spiro atoms. The second-order valence-electron chi connectivity index (χ2n) is 7.95. The Bertz CT molecular complexity index is 402. The van der Waals surface area contributed by atoms with Gasteiger partial charge in [-0.15, -0.1) is 0 Å². The Kier molecular flexibility index (Phi) is 8.50. The van der Waals surface area contributed by atoms with Crippen LogP contribution in [0.25, 0.3) is 0 Å². The van der Waals surface area contributed by atoms with Crippen molar-refractivity contribution in [1.82, 2.24) is 10.6 Å². The minimum Gasteiger partial charge on any atom is -0.385 e. The van der Waals surface area contributed by atoms with Gasteiger partial charge in [-0.2, -0.15) is 0 Å². The van der Waals surface area contributed by atoms with E-state index in [-0.39, 0.29) is 0 Å². The fraction of sp³-hybridized carbons (Fsp3) is 0.950. The molecule has 2 saturated carbocycles. The predicted molar refractivity (Wildman–Crippen MR) is 104 cm³/mol. The van der Waals surface area contributed by atoms with Crippen molar-refractivity contribution >= 4 is 5.96 Å². The lowest BCUT2D eigenvalue weighted by Gasteiger charge is -2.30. The summed E-state index contributed by atoms with van der Waals surface area (Å²) in [5, 5.41) is 7.06. The smallest absolute Gasteiger partial charge is 0.191 e. The fourth-order valence-corrected chi connectivity index (χ4v) is 3.92. The molecule has 0 aliphatic heterocycles. The summed E-state index contributed by atoms with van der Waals surface area (Å²) >= 11 is 0. The van der Waals surface area contributed by atoms with Crippen LogP contribution in [0.2, 0.25) is 0 Å². The molecule has 0 aromatic heterocycles. The van der Waals surface area contributed by atoms with Gasteiger partial charge >= 0.3 is 0 Å². The van der Waals surface area contributed by atoms with E-state index in [0.717, 1.165) is 58.3 Å². The summed E-state index contributed by atoms with van der Waals surface area (Å²) in [5.74, 6) is 0.980. The van der Waals surface area contributed by atoms with Gasteiger partial charge in [-0.3, -0.25) is 4.99 Å². The number of aliphatic imine (C=N–C) groups is 1. The minimum atomic E-state index is 0.387. The summed E-state index contributed by atoms with van der Waals surface area (Å²) in [7, 11) is 1.80. The lowest BCUT2D eigenvalue weighted by atomic mass is 9.83. The average Bonchev–Trinajstić information content (AvgIpc) is 3.24. The molecule has 0 amide bonds. The molecular formula is C20H39N3O2. The maximum atomic E-state index is 5.54. The third-order valence-corrected chi connectivity index (χ3v) is 5.99. The number of nitrogens with zero attached hydrogens (tertiary/aromatic N) is 1. The molecule has 0 atom stereocenters. The molecule has 0 radical (unpaired) electrons. The SMILES string of the molecule is CCNC(=NCC1(CCOCC)CC1)NCC1(CCOC)CCCC1. The molecule has 0 unspecified atom stereocenters. The van der Waals surface area contributed by atoms with E-state index in [1.807, 2.05) is 0 Å².